The Bertz CT molecular complexity index is 1270. The lowest BCUT2D eigenvalue weighted by molar-refractivity contribution is -0.121. The second-order valence-electron chi connectivity index (χ2n) is 7.35. The van der Waals surface area contributed by atoms with Crippen molar-refractivity contribution in [2.45, 2.75) is 25.9 Å². The predicted molar refractivity (Wildman–Crippen MR) is 123 cm³/mol. The molecular weight excluding hydrogens is 410 g/mol. The lowest BCUT2D eigenvalue weighted by Gasteiger charge is -2.20. The van der Waals surface area contributed by atoms with E-state index < -0.39 is 0 Å². The lowest BCUT2D eigenvalue weighted by atomic mass is 9.98. The molecule has 1 aromatic heterocycles. The van der Waals surface area contributed by atoms with E-state index in [1.165, 1.54) is 0 Å². The molecule has 5 nitrogen and oxygen atoms in total. The average molecular weight is 432 g/mol. The molecule has 156 valence electrons. The fourth-order valence-electron chi connectivity index (χ4n) is 3.65. The molecule has 0 unspecified atom stereocenters. The molecule has 0 bridgehead atoms. The zero-order valence-corrected chi connectivity index (χ0v) is 17.8. The lowest BCUT2D eigenvalue weighted by Crippen LogP contribution is -2.32. The number of nitrogens with one attached hydrogen (secondary N) is 1. The summed E-state index contributed by atoms with van der Waals surface area (Å²) in [6.07, 6.45) is 0.164. The Morgan fingerprint density at radius 3 is 2.35 bits per heavy atom. The van der Waals surface area contributed by atoms with E-state index in [9.17, 15) is 9.59 Å². The van der Waals surface area contributed by atoms with Crippen LogP contribution in [-0.2, 0) is 11.3 Å². The topological polar surface area (TPSA) is 64.0 Å². The van der Waals surface area contributed by atoms with Gasteiger partial charge in [0.1, 0.15) is 5.82 Å². The van der Waals surface area contributed by atoms with E-state index in [1.54, 1.807) is 17.6 Å². The molecule has 3 aromatic carbocycles. The second-order valence-corrected chi connectivity index (χ2v) is 7.78. The monoisotopic (exact) mass is 431 g/mol. The smallest absolute Gasteiger partial charge is 0.261 e. The summed E-state index contributed by atoms with van der Waals surface area (Å²) < 4.78 is 1.56. The SMILES string of the molecule is Cc1nc2ccccc2c(=O)n1CCC(=O)N[C@H](c1ccccc1)c1ccc(Cl)cc1. The molecule has 0 fully saturated rings. The first-order valence-corrected chi connectivity index (χ1v) is 10.5. The van der Waals surface area contributed by atoms with Crippen LogP contribution in [0.4, 0.5) is 0 Å². The molecular formula is C25H22ClN3O2. The van der Waals surface area contributed by atoms with Gasteiger partial charge in [0, 0.05) is 18.0 Å². The molecule has 0 saturated heterocycles. The Hall–Kier alpha value is -3.44. The van der Waals surface area contributed by atoms with Crippen molar-refractivity contribution in [1.82, 2.24) is 14.9 Å². The molecule has 1 heterocycles. The minimum Gasteiger partial charge on any atom is -0.345 e. The van der Waals surface area contributed by atoms with Gasteiger partial charge in [0.15, 0.2) is 0 Å². The molecule has 0 spiro atoms. The highest BCUT2D eigenvalue weighted by atomic mass is 35.5. The number of rotatable bonds is 6. The summed E-state index contributed by atoms with van der Waals surface area (Å²) in [4.78, 5) is 30.2. The molecule has 1 amide bonds. The first kappa shape index (κ1) is 20.8. The number of hydrogen-bond donors (Lipinski definition) is 1. The number of amides is 1. The molecule has 1 atom stereocenters. The quantitative estimate of drug-likeness (QED) is 0.483. The van der Waals surface area contributed by atoms with Crippen LogP contribution in [0.5, 0.6) is 0 Å². The molecule has 0 radical (unpaired) electrons. The van der Waals surface area contributed by atoms with Crippen molar-refractivity contribution in [3.63, 3.8) is 0 Å². The molecule has 4 aromatic rings. The summed E-state index contributed by atoms with van der Waals surface area (Å²) in [5.74, 6) is 0.442. The number of carbonyl (C=O) groups is 1. The molecule has 31 heavy (non-hydrogen) atoms. The summed E-state index contributed by atoms with van der Waals surface area (Å²) >= 11 is 6.03. The maximum Gasteiger partial charge on any atom is 0.261 e. The van der Waals surface area contributed by atoms with Crippen molar-refractivity contribution in [1.29, 1.82) is 0 Å². The maximum absolute atomic E-state index is 12.9. The van der Waals surface area contributed by atoms with Crippen LogP contribution >= 0.6 is 11.6 Å². The Balaban J connectivity index is 1.54. The number of aryl methyl sites for hydroxylation is 1. The third-order valence-electron chi connectivity index (χ3n) is 5.26. The Kier molecular flexibility index (Phi) is 6.14. The highest BCUT2D eigenvalue weighted by Gasteiger charge is 2.17. The molecule has 0 aliphatic carbocycles. The molecule has 0 aliphatic heterocycles. The number of benzene rings is 3. The van der Waals surface area contributed by atoms with Gasteiger partial charge < -0.3 is 5.32 Å². The van der Waals surface area contributed by atoms with Crippen LogP contribution in [-0.4, -0.2) is 15.5 Å². The zero-order valence-electron chi connectivity index (χ0n) is 17.1. The number of nitrogens with zero attached hydrogens (tertiary/aromatic N) is 2. The van der Waals surface area contributed by atoms with Gasteiger partial charge in [0.05, 0.1) is 16.9 Å². The summed E-state index contributed by atoms with van der Waals surface area (Å²) in [7, 11) is 0. The normalized spacial score (nSPS) is 11.9. The summed E-state index contributed by atoms with van der Waals surface area (Å²) in [5.41, 5.74) is 2.44. The van der Waals surface area contributed by atoms with E-state index in [0.717, 1.165) is 11.1 Å². The van der Waals surface area contributed by atoms with Crippen molar-refractivity contribution >= 4 is 28.4 Å². The Morgan fingerprint density at radius 2 is 1.61 bits per heavy atom. The number of aromatic nitrogens is 2. The first-order chi connectivity index (χ1) is 15.0. The van der Waals surface area contributed by atoms with Gasteiger partial charge in [-0.2, -0.15) is 0 Å². The minimum atomic E-state index is -0.307. The highest BCUT2D eigenvalue weighted by Crippen LogP contribution is 2.23. The van der Waals surface area contributed by atoms with Gasteiger partial charge >= 0.3 is 0 Å². The van der Waals surface area contributed by atoms with Crippen LogP contribution in [0.3, 0.4) is 0 Å². The van der Waals surface area contributed by atoms with E-state index >= 15 is 0 Å². The van der Waals surface area contributed by atoms with Gasteiger partial charge in [-0.1, -0.05) is 66.2 Å². The highest BCUT2D eigenvalue weighted by molar-refractivity contribution is 6.30. The standard InChI is InChI=1S/C25H22ClN3O2/c1-17-27-22-10-6-5-9-21(22)25(31)29(17)16-15-23(30)28-24(18-7-3-2-4-8-18)19-11-13-20(26)14-12-19/h2-14,24H,15-16H2,1H3,(H,28,30)/t24-/m1/s1. The first-order valence-electron chi connectivity index (χ1n) is 10.1. The van der Waals surface area contributed by atoms with Gasteiger partial charge in [-0.05, 0) is 42.3 Å². The number of para-hydroxylation sites is 1. The van der Waals surface area contributed by atoms with E-state index in [0.29, 0.717) is 21.7 Å². The van der Waals surface area contributed by atoms with Crippen LogP contribution < -0.4 is 10.9 Å². The van der Waals surface area contributed by atoms with Gasteiger partial charge in [0.2, 0.25) is 5.91 Å². The van der Waals surface area contributed by atoms with Gasteiger partial charge in [-0.3, -0.25) is 14.2 Å². The molecule has 4 rings (SSSR count). The Morgan fingerprint density at radius 1 is 0.968 bits per heavy atom. The van der Waals surface area contributed by atoms with Crippen LogP contribution in [0.1, 0.15) is 29.4 Å². The van der Waals surface area contributed by atoms with E-state index in [1.807, 2.05) is 72.8 Å². The third-order valence-corrected chi connectivity index (χ3v) is 5.51. The minimum absolute atomic E-state index is 0.131. The van der Waals surface area contributed by atoms with E-state index in [2.05, 4.69) is 10.3 Å². The fourth-order valence-corrected chi connectivity index (χ4v) is 3.77. The van der Waals surface area contributed by atoms with Crippen LogP contribution in [0.15, 0.2) is 83.7 Å². The van der Waals surface area contributed by atoms with Crippen LogP contribution in [0.2, 0.25) is 5.02 Å². The number of carbonyl (C=O) groups excluding carboxylic acids is 1. The van der Waals surface area contributed by atoms with Gasteiger partial charge in [-0.15, -0.1) is 0 Å². The number of hydrogen-bond acceptors (Lipinski definition) is 3. The van der Waals surface area contributed by atoms with Crippen molar-refractivity contribution < 1.29 is 4.79 Å². The number of fused-ring (bicyclic) bond motifs is 1. The summed E-state index contributed by atoms with van der Waals surface area (Å²) in [6.45, 7) is 2.04. The van der Waals surface area contributed by atoms with Crippen molar-refractivity contribution in [3.8, 4) is 0 Å². The second kappa shape index (κ2) is 9.14. The van der Waals surface area contributed by atoms with Gasteiger partial charge in [0.25, 0.3) is 5.56 Å². The van der Waals surface area contributed by atoms with Crippen LogP contribution in [0.25, 0.3) is 10.9 Å². The largest absolute Gasteiger partial charge is 0.345 e. The van der Waals surface area contributed by atoms with E-state index in [4.69, 9.17) is 11.6 Å². The molecule has 6 heteroatoms. The summed E-state index contributed by atoms with van der Waals surface area (Å²) in [5, 5.41) is 4.29. The summed E-state index contributed by atoms with van der Waals surface area (Å²) in [6, 6.07) is 24.1. The van der Waals surface area contributed by atoms with Crippen LogP contribution in [0, 0.1) is 6.92 Å². The van der Waals surface area contributed by atoms with Crippen molar-refractivity contribution in [3.05, 3.63) is 111 Å². The number of halogens is 1. The van der Waals surface area contributed by atoms with E-state index in [-0.39, 0.29) is 30.5 Å². The molecule has 0 aliphatic rings. The Labute approximate surface area is 185 Å². The maximum atomic E-state index is 12.9. The third kappa shape index (κ3) is 4.67. The molecule has 1 N–H and O–H groups in total. The van der Waals surface area contributed by atoms with Gasteiger partial charge in [-0.25, -0.2) is 4.98 Å². The predicted octanol–water partition coefficient (Wildman–Crippen LogP) is 4.65. The van der Waals surface area contributed by atoms with Crippen molar-refractivity contribution in [2.75, 3.05) is 0 Å². The van der Waals surface area contributed by atoms with Crippen molar-refractivity contribution in [2.24, 2.45) is 0 Å². The molecule has 0 saturated carbocycles. The zero-order chi connectivity index (χ0) is 21.8. The fraction of sp³-hybridized carbons (Fsp3) is 0.160. The average Bonchev–Trinajstić information content (AvgIpc) is 2.78.